The van der Waals surface area contributed by atoms with Crippen LogP contribution in [-0.4, -0.2) is 55.6 Å². The van der Waals surface area contributed by atoms with Gasteiger partial charge in [-0.25, -0.2) is 13.2 Å². The predicted molar refractivity (Wildman–Crippen MR) is 152 cm³/mol. The quantitative estimate of drug-likeness (QED) is 0.215. The van der Waals surface area contributed by atoms with E-state index in [9.17, 15) is 13.2 Å². The van der Waals surface area contributed by atoms with Crippen molar-refractivity contribution in [2.75, 3.05) is 19.6 Å². The molecule has 6 rings (SSSR count). The van der Waals surface area contributed by atoms with Crippen LogP contribution in [0.5, 0.6) is 0 Å². The van der Waals surface area contributed by atoms with E-state index in [1.807, 2.05) is 37.3 Å². The molecular formula is C31H27F3N6. The van der Waals surface area contributed by atoms with E-state index in [2.05, 4.69) is 31.7 Å². The van der Waals surface area contributed by atoms with Crippen LogP contribution in [0, 0.1) is 5.82 Å². The number of nitrogens with one attached hydrogen (secondary N) is 2. The van der Waals surface area contributed by atoms with Gasteiger partial charge in [0.05, 0.1) is 35.3 Å². The van der Waals surface area contributed by atoms with E-state index in [1.54, 1.807) is 35.5 Å². The summed E-state index contributed by atoms with van der Waals surface area (Å²) >= 11 is 0. The van der Waals surface area contributed by atoms with Crippen LogP contribution >= 0.6 is 0 Å². The normalized spacial score (nSPS) is 16.3. The number of likely N-dealkylation sites (tertiary alicyclic amines) is 1. The second-order valence-electron chi connectivity index (χ2n) is 9.98. The Morgan fingerprint density at radius 2 is 1.88 bits per heavy atom. The molecule has 1 saturated heterocycles. The minimum absolute atomic E-state index is 0.120. The van der Waals surface area contributed by atoms with Gasteiger partial charge in [-0.05, 0) is 66.6 Å². The Labute approximate surface area is 229 Å². The molecule has 2 N–H and O–H groups in total. The van der Waals surface area contributed by atoms with Crippen molar-refractivity contribution in [1.29, 1.82) is 0 Å². The molecule has 1 aliphatic heterocycles. The Balaban J connectivity index is 1.35. The van der Waals surface area contributed by atoms with Gasteiger partial charge in [0.2, 0.25) is 0 Å². The number of allylic oxidation sites excluding steroid dienone is 3. The molecule has 0 unspecified atom stereocenters. The number of pyridine rings is 2. The van der Waals surface area contributed by atoms with E-state index in [4.69, 9.17) is 0 Å². The Morgan fingerprint density at radius 1 is 1.07 bits per heavy atom. The van der Waals surface area contributed by atoms with Crippen molar-refractivity contribution in [3.8, 4) is 22.6 Å². The molecule has 5 aromatic rings. The first-order chi connectivity index (χ1) is 19.3. The van der Waals surface area contributed by atoms with Crippen molar-refractivity contribution in [3.05, 3.63) is 96.7 Å². The van der Waals surface area contributed by atoms with Gasteiger partial charge >= 0.3 is 0 Å². The fourth-order valence-electron chi connectivity index (χ4n) is 5.17. The third-order valence-corrected chi connectivity index (χ3v) is 7.23. The lowest BCUT2D eigenvalue weighted by Gasteiger charge is -2.16. The second-order valence-corrected chi connectivity index (χ2v) is 9.98. The van der Waals surface area contributed by atoms with Crippen LogP contribution in [0.3, 0.4) is 0 Å². The summed E-state index contributed by atoms with van der Waals surface area (Å²) in [5.41, 5.74) is 7.18. The highest BCUT2D eigenvalue weighted by atomic mass is 19.3. The van der Waals surface area contributed by atoms with Crippen LogP contribution in [0.25, 0.3) is 50.0 Å². The zero-order valence-electron chi connectivity index (χ0n) is 21.9. The lowest BCUT2D eigenvalue weighted by Crippen LogP contribution is -2.26. The third kappa shape index (κ3) is 4.96. The minimum Gasteiger partial charge on any atom is -0.353 e. The van der Waals surface area contributed by atoms with Crippen molar-refractivity contribution in [2.24, 2.45) is 0 Å². The molecule has 0 bridgehead atoms. The van der Waals surface area contributed by atoms with E-state index in [-0.39, 0.29) is 18.8 Å². The summed E-state index contributed by atoms with van der Waals surface area (Å²) < 4.78 is 40.9. The molecule has 40 heavy (non-hydrogen) atoms. The van der Waals surface area contributed by atoms with E-state index in [1.165, 1.54) is 12.1 Å². The summed E-state index contributed by atoms with van der Waals surface area (Å²) in [6.07, 6.45) is 8.93. The molecule has 202 valence electrons. The summed E-state index contributed by atoms with van der Waals surface area (Å²) in [6, 6.07) is 12.1. The van der Waals surface area contributed by atoms with Gasteiger partial charge < -0.3 is 4.98 Å². The molecule has 0 amide bonds. The van der Waals surface area contributed by atoms with Gasteiger partial charge in [-0.3, -0.25) is 20.0 Å². The molecule has 0 spiro atoms. The smallest absolute Gasteiger partial charge is 0.261 e. The molecule has 0 aliphatic carbocycles. The maximum Gasteiger partial charge on any atom is 0.261 e. The van der Waals surface area contributed by atoms with Crippen molar-refractivity contribution in [1.82, 2.24) is 30.0 Å². The van der Waals surface area contributed by atoms with Gasteiger partial charge in [-0.1, -0.05) is 18.7 Å². The van der Waals surface area contributed by atoms with E-state index in [0.29, 0.717) is 13.1 Å². The van der Waals surface area contributed by atoms with Crippen molar-refractivity contribution >= 4 is 27.4 Å². The van der Waals surface area contributed by atoms with Gasteiger partial charge in [-0.2, -0.15) is 5.10 Å². The summed E-state index contributed by atoms with van der Waals surface area (Å²) in [7, 11) is 0. The van der Waals surface area contributed by atoms with Crippen LogP contribution in [0.1, 0.15) is 19.0 Å². The number of halogens is 3. The number of aromatic amines is 2. The number of benzene rings is 1. The van der Waals surface area contributed by atoms with E-state index < -0.39 is 5.92 Å². The number of fused-ring (bicyclic) bond motifs is 2. The first-order valence-corrected chi connectivity index (χ1v) is 13.0. The first kappa shape index (κ1) is 25.8. The van der Waals surface area contributed by atoms with Crippen LogP contribution in [-0.2, 0) is 0 Å². The topological polar surface area (TPSA) is 73.5 Å². The van der Waals surface area contributed by atoms with Crippen molar-refractivity contribution in [3.63, 3.8) is 0 Å². The standard InChI is InChI=1S/C31H27F3N6/c1-3-19(17-40-12-10-31(33,34)18-40)13-20(4-2)26-14-24-28(16-36-26)38-39-30(24)27-15-23-25(37-27)9-11-35-29(23)21-5-7-22(32)8-6-21/h3-9,11,13-16,37H,1,10,12,17-18H2,2H3,(H,38,39)/b19-13+,20-4+. The highest BCUT2D eigenvalue weighted by Gasteiger charge is 2.37. The largest absolute Gasteiger partial charge is 0.353 e. The molecule has 0 atom stereocenters. The fourth-order valence-corrected chi connectivity index (χ4v) is 5.17. The highest BCUT2D eigenvalue weighted by molar-refractivity contribution is 6.00. The van der Waals surface area contributed by atoms with Crippen molar-refractivity contribution in [2.45, 2.75) is 19.3 Å². The number of nitrogens with zero attached hydrogens (tertiary/aromatic N) is 4. The average molecular weight is 541 g/mol. The molecule has 1 aromatic carbocycles. The first-order valence-electron chi connectivity index (χ1n) is 13.0. The number of rotatable bonds is 7. The molecule has 1 aliphatic rings. The van der Waals surface area contributed by atoms with E-state index in [0.717, 1.165) is 61.3 Å². The Bertz CT molecular complexity index is 1780. The number of hydrogen-bond donors (Lipinski definition) is 2. The molecule has 4 aromatic heterocycles. The maximum atomic E-state index is 13.7. The van der Waals surface area contributed by atoms with Gasteiger partial charge in [-0.15, -0.1) is 0 Å². The molecular weight excluding hydrogens is 513 g/mol. The zero-order valence-corrected chi connectivity index (χ0v) is 21.9. The van der Waals surface area contributed by atoms with Gasteiger partial charge in [0, 0.05) is 47.6 Å². The van der Waals surface area contributed by atoms with Gasteiger partial charge in [0.1, 0.15) is 11.5 Å². The van der Waals surface area contributed by atoms with Gasteiger partial charge in [0.25, 0.3) is 5.92 Å². The summed E-state index contributed by atoms with van der Waals surface area (Å²) in [4.78, 5) is 14.4. The summed E-state index contributed by atoms with van der Waals surface area (Å²) in [6.45, 7) is 6.33. The fraction of sp³-hybridized carbons (Fsp3) is 0.194. The lowest BCUT2D eigenvalue weighted by atomic mass is 10.0. The number of H-pyrrole nitrogens is 2. The number of alkyl halides is 2. The van der Waals surface area contributed by atoms with E-state index >= 15 is 0 Å². The highest BCUT2D eigenvalue weighted by Crippen LogP contribution is 2.34. The lowest BCUT2D eigenvalue weighted by molar-refractivity contribution is 0.0131. The Kier molecular flexibility index (Phi) is 6.59. The molecule has 1 fully saturated rings. The van der Waals surface area contributed by atoms with Crippen LogP contribution in [0.2, 0.25) is 0 Å². The molecule has 9 heteroatoms. The Hall–Kier alpha value is -4.50. The molecule has 5 heterocycles. The predicted octanol–water partition coefficient (Wildman–Crippen LogP) is 7.16. The number of hydrogen-bond acceptors (Lipinski definition) is 4. The molecule has 0 saturated carbocycles. The van der Waals surface area contributed by atoms with Crippen LogP contribution in [0.15, 0.2) is 85.2 Å². The number of aromatic nitrogens is 5. The molecule has 0 radical (unpaired) electrons. The zero-order chi connectivity index (χ0) is 27.9. The summed E-state index contributed by atoms with van der Waals surface area (Å²) in [5, 5.41) is 9.40. The minimum atomic E-state index is -2.64. The van der Waals surface area contributed by atoms with Crippen molar-refractivity contribution < 1.29 is 13.2 Å². The van der Waals surface area contributed by atoms with Crippen LogP contribution in [0.4, 0.5) is 13.2 Å². The Morgan fingerprint density at radius 3 is 2.60 bits per heavy atom. The molecule has 6 nitrogen and oxygen atoms in total. The monoisotopic (exact) mass is 540 g/mol. The van der Waals surface area contributed by atoms with Crippen LogP contribution < -0.4 is 0 Å². The third-order valence-electron chi connectivity index (χ3n) is 7.23. The maximum absolute atomic E-state index is 13.7. The second kappa shape index (κ2) is 10.2. The summed E-state index contributed by atoms with van der Waals surface area (Å²) in [5.74, 6) is -2.94. The SMILES string of the molecule is C=C/C(=C\C(=C/C)c1cc2c(-c3cc4c(-c5ccc(F)cc5)nccc4[nH]3)n[nH]c2cn1)CN1CCC(F)(F)C1. The van der Waals surface area contributed by atoms with Gasteiger partial charge in [0.15, 0.2) is 0 Å². The average Bonchev–Trinajstić information content (AvgIpc) is 3.66.